The molecule has 0 aliphatic carbocycles. The number of halogens is 2. The second-order valence-electron chi connectivity index (χ2n) is 1.97. The fourth-order valence-corrected chi connectivity index (χ4v) is 1.17. The van der Waals surface area contributed by atoms with Gasteiger partial charge in [-0.05, 0) is 5.92 Å². The van der Waals surface area contributed by atoms with Crippen molar-refractivity contribution in [1.29, 1.82) is 0 Å². The predicted molar refractivity (Wildman–Crippen MR) is 42.2 cm³/mol. The van der Waals surface area contributed by atoms with Gasteiger partial charge in [-0.2, -0.15) is 0 Å². The van der Waals surface area contributed by atoms with Gasteiger partial charge in [0.1, 0.15) is 6.42 Å². The van der Waals surface area contributed by atoms with E-state index in [0.717, 1.165) is 6.54 Å². The van der Waals surface area contributed by atoms with Crippen LogP contribution in [0.4, 0.5) is 0 Å². The highest BCUT2D eigenvalue weighted by atomic mass is 35.9. The Morgan fingerprint density at radius 1 is 1.50 bits per heavy atom. The molecular formula is C4H10Cl2NP. The lowest BCUT2D eigenvalue weighted by molar-refractivity contribution is 0.670. The van der Waals surface area contributed by atoms with Crippen LogP contribution >= 0.6 is 28.9 Å². The van der Waals surface area contributed by atoms with E-state index < -0.39 is 6.42 Å². The molecule has 0 saturated carbocycles. The summed E-state index contributed by atoms with van der Waals surface area (Å²) in [5, 5.41) is 0. The Kier molecular flexibility index (Phi) is 5.14. The van der Waals surface area contributed by atoms with Crippen molar-refractivity contribution in [3.8, 4) is 0 Å². The van der Waals surface area contributed by atoms with Crippen LogP contribution in [0.1, 0.15) is 13.8 Å². The van der Waals surface area contributed by atoms with E-state index >= 15 is 0 Å². The zero-order valence-electron chi connectivity index (χ0n) is 4.99. The average Bonchev–Trinajstić information content (AvgIpc) is 1.61. The molecule has 0 unspecified atom stereocenters. The Bertz CT molecular complexity index is 88.0. The molecular weight excluding hydrogens is 164 g/mol. The fourth-order valence-electron chi connectivity index (χ4n) is 0.252. The van der Waals surface area contributed by atoms with E-state index in [0.29, 0.717) is 5.92 Å². The van der Waals surface area contributed by atoms with Crippen molar-refractivity contribution < 1.29 is 0 Å². The topological polar surface area (TPSA) is 12.4 Å². The number of nitrogens with zero attached hydrogens (tertiary/aromatic N) is 1. The first kappa shape index (κ1) is 8.81. The van der Waals surface area contributed by atoms with Crippen LogP contribution in [0, 0.1) is 5.92 Å². The van der Waals surface area contributed by atoms with Crippen molar-refractivity contribution in [2.45, 2.75) is 13.8 Å². The van der Waals surface area contributed by atoms with Gasteiger partial charge in [0.2, 0.25) is 0 Å². The lowest BCUT2D eigenvalue weighted by Crippen LogP contribution is -1.88. The standard InChI is InChI=1S/C4H10Cl2NP/c1-4(2)3-7-8(5)6/h4,8H,3H2,1-2H3. The van der Waals surface area contributed by atoms with Crippen LogP contribution in [0.3, 0.4) is 0 Å². The Morgan fingerprint density at radius 3 is 2.12 bits per heavy atom. The molecule has 0 atom stereocenters. The average molecular weight is 174 g/mol. The smallest absolute Gasteiger partial charge is 0.125 e. The fraction of sp³-hybridized carbons (Fsp3) is 1.00. The first-order chi connectivity index (χ1) is 3.63. The lowest BCUT2D eigenvalue weighted by Gasteiger charge is -1.95. The van der Waals surface area contributed by atoms with Gasteiger partial charge in [0.25, 0.3) is 0 Å². The summed E-state index contributed by atoms with van der Waals surface area (Å²) in [5.41, 5.74) is 0. The predicted octanol–water partition coefficient (Wildman–Crippen LogP) is 3.35. The molecule has 0 aliphatic heterocycles. The van der Waals surface area contributed by atoms with Crippen molar-refractivity contribution in [2.75, 3.05) is 6.54 Å². The summed E-state index contributed by atoms with van der Waals surface area (Å²) in [5.74, 6) is 0.576. The van der Waals surface area contributed by atoms with Crippen LogP contribution in [0.5, 0.6) is 0 Å². The third kappa shape index (κ3) is 6.81. The Morgan fingerprint density at radius 2 is 2.00 bits per heavy atom. The molecule has 8 heavy (non-hydrogen) atoms. The molecule has 0 fully saturated rings. The summed E-state index contributed by atoms with van der Waals surface area (Å²) >= 11 is 10.8. The summed E-state index contributed by atoms with van der Waals surface area (Å²) in [6, 6.07) is 0. The first-order valence-electron chi connectivity index (χ1n) is 2.48. The molecule has 4 heteroatoms. The van der Waals surface area contributed by atoms with Gasteiger partial charge in [0.15, 0.2) is 0 Å². The molecule has 0 aromatic heterocycles. The van der Waals surface area contributed by atoms with Gasteiger partial charge < -0.3 is 0 Å². The molecule has 0 saturated heterocycles. The van der Waals surface area contributed by atoms with E-state index in [1.165, 1.54) is 0 Å². The summed E-state index contributed by atoms with van der Waals surface area (Å²) in [4.78, 5) is 0. The van der Waals surface area contributed by atoms with Gasteiger partial charge >= 0.3 is 0 Å². The molecule has 0 radical (unpaired) electrons. The highest BCUT2D eigenvalue weighted by Gasteiger charge is 1.88. The van der Waals surface area contributed by atoms with Crippen LogP contribution in [0.15, 0.2) is 4.74 Å². The van der Waals surface area contributed by atoms with Crippen LogP contribution in [0.2, 0.25) is 0 Å². The monoisotopic (exact) mass is 173 g/mol. The minimum absolute atomic E-state index is 0.576. The van der Waals surface area contributed by atoms with Crippen LogP contribution < -0.4 is 0 Å². The van der Waals surface area contributed by atoms with Crippen molar-refractivity contribution >= 4 is 28.9 Å². The van der Waals surface area contributed by atoms with Crippen molar-refractivity contribution in [3.63, 3.8) is 0 Å². The summed E-state index contributed by atoms with van der Waals surface area (Å²) in [7, 11) is 0. The molecule has 0 heterocycles. The normalized spacial score (nSPS) is 10.8. The molecule has 0 spiro atoms. The molecule has 0 amide bonds. The molecule has 0 aromatic carbocycles. The highest BCUT2D eigenvalue weighted by molar-refractivity contribution is 7.96. The Hall–Kier alpha value is 0.810. The zero-order valence-corrected chi connectivity index (χ0v) is 7.50. The maximum atomic E-state index is 5.42. The van der Waals surface area contributed by atoms with Crippen molar-refractivity contribution in [3.05, 3.63) is 0 Å². The van der Waals surface area contributed by atoms with Crippen LogP contribution in [-0.4, -0.2) is 6.54 Å². The maximum absolute atomic E-state index is 5.42. The van der Waals surface area contributed by atoms with Gasteiger partial charge in [0, 0.05) is 6.54 Å². The minimum Gasteiger partial charge on any atom is -0.275 e. The molecule has 50 valence electrons. The zero-order chi connectivity index (χ0) is 6.57. The largest absolute Gasteiger partial charge is 0.275 e. The Balaban J connectivity index is 3.29. The van der Waals surface area contributed by atoms with E-state index in [9.17, 15) is 0 Å². The van der Waals surface area contributed by atoms with Gasteiger partial charge in [-0.15, -0.1) is 0 Å². The van der Waals surface area contributed by atoms with Gasteiger partial charge in [-0.25, -0.2) is 0 Å². The van der Waals surface area contributed by atoms with E-state index in [4.69, 9.17) is 22.5 Å². The van der Waals surface area contributed by atoms with Gasteiger partial charge in [0.05, 0.1) is 0 Å². The second kappa shape index (κ2) is 4.67. The van der Waals surface area contributed by atoms with Crippen LogP contribution in [-0.2, 0) is 0 Å². The molecule has 1 nitrogen and oxygen atoms in total. The summed E-state index contributed by atoms with van der Waals surface area (Å²) in [6.45, 7) is 4.96. The van der Waals surface area contributed by atoms with E-state index in [1.54, 1.807) is 0 Å². The summed E-state index contributed by atoms with van der Waals surface area (Å²) in [6.07, 6.45) is -1.36. The molecule has 0 aliphatic rings. The number of hydrogen-bond donors (Lipinski definition) is 0. The second-order valence-corrected chi connectivity index (χ2v) is 5.50. The lowest BCUT2D eigenvalue weighted by atomic mass is 10.2. The SMILES string of the molecule is CC(C)CN=[PH](Cl)Cl. The molecule has 0 bridgehead atoms. The molecule has 0 N–H and O–H groups in total. The first-order valence-corrected chi connectivity index (χ1v) is 5.95. The Labute approximate surface area is 60.4 Å². The number of rotatable bonds is 2. The quantitative estimate of drug-likeness (QED) is 0.569. The van der Waals surface area contributed by atoms with E-state index in [1.807, 2.05) is 0 Å². The molecule has 0 aromatic rings. The van der Waals surface area contributed by atoms with Crippen molar-refractivity contribution in [2.24, 2.45) is 10.7 Å². The van der Waals surface area contributed by atoms with E-state index in [-0.39, 0.29) is 0 Å². The third-order valence-electron chi connectivity index (χ3n) is 0.576. The van der Waals surface area contributed by atoms with Crippen molar-refractivity contribution in [1.82, 2.24) is 0 Å². The van der Waals surface area contributed by atoms with Crippen LogP contribution in [0.25, 0.3) is 0 Å². The molecule has 0 rings (SSSR count). The maximum Gasteiger partial charge on any atom is 0.125 e. The number of hydrogen-bond acceptors (Lipinski definition) is 1. The third-order valence-corrected chi connectivity index (χ3v) is 1.71. The van der Waals surface area contributed by atoms with Gasteiger partial charge in [-0.3, -0.25) is 4.74 Å². The van der Waals surface area contributed by atoms with E-state index in [2.05, 4.69) is 18.6 Å². The highest BCUT2D eigenvalue weighted by Crippen LogP contribution is 2.36. The van der Waals surface area contributed by atoms with Gasteiger partial charge in [-0.1, -0.05) is 36.3 Å². The minimum atomic E-state index is -1.36. The summed E-state index contributed by atoms with van der Waals surface area (Å²) < 4.78 is 3.96.